The molecule has 1 heterocycles. The molecule has 1 fully saturated rings. The van der Waals surface area contributed by atoms with Crippen molar-refractivity contribution in [2.24, 2.45) is 4.99 Å². The number of hydrogen-bond donors (Lipinski definition) is 2. The molecule has 2 rings (SSSR count). The van der Waals surface area contributed by atoms with Gasteiger partial charge in [-0.15, -0.1) is 24.0 Å². The molecular weight excluding hydrogens is 459 g/mol. The number of hydrogen-bond acceptors (Lipinski definition) is 3. The number of likely N-dealkylation sites (tertiary alicyclic amines) is 1. The first-order valence-electron chi connectivity index (χ1n) is 8.79. The minimum absolute atomic E-state index is 0. The van der Waals surface area contributed by atoms with Crippen molar-refractivity contribution in [3.63, 3.8) is 0 Å². The van der Waals surface area contributed by atoms with E-state index in [1.165, 1.54) is 11.1 Å². The fraction of sp³-hybridized carbons (Fsp3) is 0.579. The highest BCUT2D eigenvalue weighted by Gasteiger charge is 2.19. The number of aliphatic imine (C=N–C) groups is 1. The summed E-state index contributed by atoms with van der Waals surface area (Å²) >= 11 is 1.84. The van der Waals surface area contributed by atoms with Crippen molar-refractivity contribution < 1.29 is 4.79 Å². The van der Waals surface area contributed by atoms with Crippen LogP contribution in [-0.4, -0.2) is 47.9 Å². The van der Waals surface area contributed by atoms with Gasteiger partial charge >= 0.3 is 0 Å². The van der Waals surface area contributed by atoms with E-state index in [9.17, 15) is 4.79 Å². The molecule has 1 aromatic carbocycles. The lowest BCUT2D eigenvalue weighted by Gasteiger charge is -2.23. The Morgan fingerprint density at radius 2 is 1.88 bits per heavy atom. The lowest BCUT2D eigenvalue weighted by molar-refractivity contribution is -0.128. The zero-order valence-electron chi connectivity index (χ0n) is 16.2. The average Bonchev–Trinajstić information content (AvgIpc) is 3.01. The molecule has 26 heavy (non-hydrogen) atoms. The molecule has 0 bridgehead atoms. The molecule has 1 aliphatic heterocycles. The molecule has 7 heteroatoms. The monoisotopic (exact) mass is 490 g/mol. The van der Waals surface area contributed by atoms with Gasteiger partial charge in [0.25, 0.3) is 0 Å². The lowest BCUT2D eigenvalue weighted by Crippen LogP contribution is -2.42. The van der Waals surface area contributed by atoms with Gasteiger partial charge in [-0.3, -0.25) is 9.79 Å². The summed E-state index contributed by atoms with van der Waals surface area (Å²) in [6.45, 7) is 7.61. The standard InChI is InChI=1S/C19H30N4OS.HI/c1-19(2,25-4)14-22-18(20-3)21-12-15-7-9-16(10-8-15)13-23-11-5-6-17(23)24;/h7-10H,5-6,11-14H2,1-4H3,(H2,20,21,22);1H. The van der Waals surface area contributed by atoms with Crippen LogP contribution in [0.1, 0.15) is 37.8 Å². The van der Waals surface area contributed by atoms with Crippen molar-refractivity contribution in [2.75, 3.05) is 26.4 Å². The maximum Gasteiger partial charge on any atom is 0.222 e. The number of benzene rings is 1. The Kier molecular flexibility index (Phi) is 9.78. The second-order valence-electron chi connectivity index (χ2n) is 6.98. The van der Waals surface area contributed by atoms with E-state index in [0.717, 1.165) is 38.6 Å². The molecule has 2 N–H and O–H groups in total. The molecule has 5 nitrogen and oxygen atoms in total. The van der Waals surface area contributed by atoms with Gasteiger partial charge in [-0.2, -0.15) is 11.8 Å². The van der Waals surface area contributed by atoms with Crippen LogP contribution in [0.5, 0.6) is 0 Å². The van der Waals surface area contributed by atoms with E-state index >= 15 is 0 Å². The molecule has 0 aromatic heterocycles. The maximum absolute atomic E-state index is 11.7. The van der Waals surface area contributed by atoms with E-state index in [4.69, 9.17) is 0 Å². The fourth-order valence-corrected chi connectivity index (χ4v) is 2.85. The van der Waals surface area contributed by atoms with Crippen LogP contribution in [0.25, 0.3) is 0 Å². The number of halogens is 1. The SMILES string of the molecule is CN=C(NCc1ccc(CN2CCCC2=O)cc1)NCC(C)(C)SC.I. The molecule has 0 unspecified atom stereocenters. The Bertz CT molecular complexity index is 604. The van der Waals surface area contributed by atoms with Gasteiger partial charge in [0, 0.05) is 44.4 Å². The van der Waals surface area contributed by atoms with Gasteiger partial charge < -0.3 is 15.5 Å². The number of nitrogens with zero attached hydrogens (tertiary/aromatic N) is 2. The summed E-state index contributed by atoms with van der Waals surface area (Å²) in [5, 5.41) is 6.72. The summed E-state index contributed by atoms with van der Waals surface area (Å²) in [5.74, 6) is 1.09. The first-order valence-corrected chi connectivity index (χ1v) is 10.0. The van der Waals surface area contributed by atoms with Crippen LogP contribution in [0, 0.1) is 0 Å². The van der Waals surface area contributed by atoms with Crippen LogP contribution in [0.15, 0.2) is 29.3 Å². The van der Waals surface area contributed by atoms with Crippen molar-refractivity contribution in [2.45, 2.75) is 44.5 Å². The van der Waals surface area contributed by atoms with E-state index in [0.29, 0.717) is 6.42 Å². The molecule has 146 valence electrons. The Hall–Kier alpha value is -0.960. The second kappa shape index (κ2) is 11.0. The smallest absolute Gasteiger partial charge is 0.222 e. The summed E-state index contributed by atoms with van der Waals surface area (Å²) in [4.78, 5) is 17.9. The zero-order valence-corrected chi connectivity index (χ0v) is 19.3. The number of guanidine groups is 1. The Labute approximate surface area is 178 Å². The third kappa shape index (κ3) is 7.34. The average molecular weight is 490 g/mol. The summed E-state index contributed by atoms with van der Waals surface area (Å²) < 4.78 is 0.173. The van der Waals surface area contributed by atoms with Crippen molar-refractivity contribution in [1.82, 2.24) is 15.5 Å². The summed E-state index contributed by atoms with van der Waals surface area (Å²) in [7, 11) is 1.79. The summed E-state index contributed by atoms with van der Waals surface area (Å²) in [5.41, 5.74) is 2.38. The normalized spacial score (nSPS) is 15.0. The highest BCUT2D eigenvalue weighted by Crippen LogP contribution is 2.19. The van der Waals surface area contributed by atoms with Crippen LogP contribution < -0.4 is 10.6 Å². The van der Waals surface area contributed by atoms with E-state index in [2.05, 4.69) is 60.0 Å². The molecule has 0 atom stereocenters. The van der Waals surface area contributed by atoms with Crippen molar-refractivity contribution in [3.05, 3.63) is 35.4 Å². The van der Waals surface area contributed by atoms with Crippen LogP contribution in [-0.2, 0) is 17.9 Å². The molecular formula is C19H31IN4OS. The Morgan fingerprint density at radius 1 is 1.23 bits per heavy atom. The molecule has 1 aromatic rings. The molecule has 0 aliphatic carbocycles. The summed E-state index contributed by atoms with van der Waals surface area (Å²) in [6.07, 6.45) is 3.80. The predicted octanol–water partition coefficient (Wildman–Crippen LogP) is 3.23. The topological polar surface area (TPSA) is 56.7 Å². The molecule has 1 saturated heterocycles. The molecule has 0 saturated carbocycles. The minimum atomic E-state index is 0. The van der Waals surface area contributed by atoms with Gasteiger partial charge in [-0.25, -0.2) is 0 Å². The third-order valence-electron chi connectivity index (χ3n) is 4.49. The zero-order chi connectivity index (χ0) is 18.3. The van der Waals surface area contributed by atoms with Crippen LogP contribution in [0.4, 0.5) is 0 Å². The number of carbonyl (C=O) groups is 1. The summed E-state index contributed by atoms with van der Waals surface area (Å²) in [6, 6.07) is 8.44. The van der Waals surface area contributed by atoms with Crippen molar-refractivity contribution >= 4 is 47.6 Å². The van der Waals surface area contributed by atoms with E-state index in [1.54, 1.807) is 7.05 Å². The first kappa shape index (κ1) is 23.1. The van der Waals surface area contributed by atoms with Gasteiger partial charge in [-0.1, -0.05) is 24.3 Å². The number of nitrogens with one attached hydrogen (secondary N) is 2. The van der Waals surface area contributed by atoms with Crippen molar-refractivity contribution in [3.8, 4) is 0 Å². The number of thioether (sulfide) groups is 1. The number of amides is 1. The van der Waals surface area contributed by atoms with Crippen LogP contribution in [0.2, 0.25) is 0 Å². The van der Waals surface area contributed by atoms with E-state index in [1.807, 2.05) is 16.7 Å². The minimum Gasteiger partial charge on any atom is -0.355 e. The Morgan fingerprint density at radius 3 is 2.42 bits per heavy atom. The molecule has 0 radical (unpaired) electrons. The maximum atomic E-state index is 11.7. The second-order valence-corrected chi connectivity index (χ2v) is 8.49. The first-order chi connectivity index (χ1) is 11.9. The number of carbonyl (C=O) groups excluding carboxylic acids is 1. The largest absolute Gasteiger partial charge is 0.355 e. The van der Waals surface area contributed by atoms with Gasteiger partial charge in [-0.05, 0) is 37.7 Å². The highest BCUT2D eigenvalue weighted by atomic mass is 127. The van der Waals surface area contributed by atoms with Crippen LogP contribution in [0.3, 0.4) is 0 Å². The fourth-order valence-electron chi connectivity index (χ4n) is 2.63. The highest BCUT2D eigenvalue weighted by molar-refractivity contribution is 14.0. The van der Waals surface area contributed by atoms with Crippen molar-refractivity contribution in [1.29, 1.82) is 0 Å². The van der Waals surface area contributed by atoms with Gasteiger partial charge in [0.15, 0.2) is 5.96 Å². The molecule has 1 aliphatic rings. The predicted molar refractivity (Wildman–Crippen MR) is 122 cm³/mol. The van der Waals surface area contributed by atoms with E-state index < -0.39 is 0 Å². The quantitative estimate of drug-likeness (QED) is 0.350. The van der Waals surface area contributed by atoms with Crippen LogP contribution >= 0.6 is 35.7 Å². The third-order valence-corrected chi connectivity index (χ3v) is 5.74. The van der Waals surface area contributed by atoms with Gasteiger partial charge in [0.05, 0.1) is 0 Å². The van der Waals surface area contributed by atoms with Gasteiger partial charge in [0.2, 0.25) is 5.91 Å². The molecule has 1 amide bonds. The lowest BCUT2D eigenvalue weighted by atomic mass is 10.1. The van der Waals surface area contributed by atoms with Gasteiger partial charge in [0.1, 0.15) is 0 Å². The number of rotatable bonds is 7. The molecule has 0 spiro atoms. The van der Waals surface area contributed by atoms with E-state index in [-0.39, 0.29) is 34.6 Å². The Balaban J connectivity index is 0.00000338.